The van der Waals surface area contributed by atoms with Gasteiger partial charge in [-0.15, -0.1) is 0 Å². The molecule has 0 aromatic heterocycles. The number of hydrogen-bond acceptors (Lipinski definition) is 3. The molecular formula is C13H13BrCl2O3. The molecule has 2 atom stereocenters. The van der Waals surface area contributed by atoms with Crippen LogP contribution in [0.3, 0.4) is 0 Å². The van der Waals surface area contributed by atoms with Crippen molar-refractivity contribution in [2.24, 2.45) is 0 Å². The van der Waals surface area contributed by atoms with Crippen LogP contribution in [0.1, 0.15) is 19.8 Å². The molecule has 0 N–H and O–H groups in total. The van der Waals surface area contributed by atoms with E-state index < -0.39 is 6.10 Å². The second-order valence-electron chi connectivity index (χ2n) is 4.31. The highest BCUT2D eigenvalue weighted by atomic mass is 79.9. The Labute approximate surface area is 130 Å². The number of Topliss-reactive ketones (excluding diaryl/α,β-unsaturated/α-hetero) is 1. The van der Waals surface area contributed by atoms with Gasteiger partial charge in [-0.2, -0.15) is 0 Å². The first-order valence-electron chi connectivity index (χ1n) is 5.98. The largest absolute Gasteiger partial charge is 0.485 e. The molecule has 0 amide bonds. The Hall–Kier alpha value is -0.290. The quantitative estimate of drug-likeness (QED) is 0.729. The molecule has 1 aromatic carbocycles. The summed E-state index contributed by atoms with van der Waals surface area (Å²) >= 11 is 15.4. The van der Waals surface area contributed by atoms with E-state index in [1.165, 1.54) is 0 Å². The van der Waals surface area contributed by atoms with Gasteiger partial charge in [-0.05, 0) is 28.4 Å². The number of carbonyl (C=O) groups is 1. The molecule has 1 aliphatic carbocycles. The third-order valence-electron chi connectivity index (χ3n) is 2.81. The van der Waals surface area contributed by atoms with Gasteiger partial charge in [0.05, 0.1) is 10.0 Å². The summed E-state index contributed by atoms with van der Waals surface area (Å²) in [5.74, 6) is 0.537. The van der Waals surface area contributed by atoms with E-state index in [9.17, 15) is 4.79 Å². The molecule has 6 heteroatoms. The smallest absolute Gasteiger partial charge is 0.169 e. The first kappa shape index (κ1) is 15.1. The van der Waals surface area contributed by atoms with E-state index in [2.05, 4.69) is 15.9 Å². The second kappa shape index (κ2) is 6.44. The lowest BCUT2D eigenvalue weighted by Gasteiger charge is -2.34. The number of halogens is 3. The third-order valence-corrected chi connectivity index (χ3v) is 4.30. The van der Waals surface area contributed by atoms with E-state index in [1.54, 1.807) is 12.1 Å². The zero-order chi connectivity index (χ0) is 14.0. The molecule has 1 aliphatic rings. The molecule has 0 heterocycles. The first-order valence-corrected chi connectivity index (χ1v) is 7.53. The summed E-state index contributed by atoms with van der Waals surface area (Å²) in [5, 5.41) is 0.959. The standard InChI is InChI=1S/C13H13BrCl2O3/c1-2-3-18-13-10(17)6-12(13)19-11-5-8(15)7(14)4-9(11)16/h4-5,12-13H,2-3,6H2,1H3. The highest BCUT2D eigenvalue weighted by Crippen LogP contribution is 2.36. The van der Waals surface area contributed by atoms with E-state index in [1.807, 2.05) is 6.92 Å². The van der Waals surface area contributed by atoms with Crippen LogP contribution in [-0.4, -0.2) is 24.6 Å². The van der Waals surface area contributed by atoms with Gasteiger partial charge in [0.2, 0.25) is 0 Å². The summed E-state index contributed by atoms with van der Waals surface area (Å²) in [4.78, 5) is 11.5. The Morgan fingerprint density at radius 1 is 1.37 bits per heavy atom. The summed E-state index contributed by atoms with van der Waals surface area (Å²) in [6.45, 7) is 2.54. The number of rotatable bonds is 5. The van der Waals surface area contributed by atoms with Gasteiger partial charge in [-0.1, -0.05) is 30.1 Å². The minimum Gasteiger partial charge on any atom is -0.485 e. The van der Waals surface area contributed by atoms with Crippen LogP contribution in [0.4, 0.5) is 0 Å². The average Bonchev–Trinajstić information content (AvgIpc) is 2.35. The molecule has 0 bridgehead atoms. The zero-order valence-electron chi connectivity index (χ0n) is 10.3. The van der Waals surface area contributed by atoms with E-state index in [4.69, 9.17) is 32.7 Å². The normalized spacial score (nSPS) is 22.2. The van der Waals surface area contributed by atoms with Crippen LogP contribution in [0, 0.1) is 0 Å². The topological polar surface area (TPSA) is 35.5 Å². The number of benzene rings is 1. The van der Waals surface area contributed by atoms with Crippen LogP contribution >= 0.6 is 39.1 Å². The molecule has 1 fully saturated rings. The van der Waals surface area contributed by atoms with Gasteiger partial charge < -0.3 is 9.47 Å². The summed E-state index contributed by atoms with van der Waals surface area (Å²) in [7, 11) is 0. The lowest BCUT2D eigenvalue weighted by molar-refractivity contribution is -0.154. The zero-order valence-corrected chi connectivity index (χ0v) is 13.4. The maximum Gasteiger partial charge on any atom is 0.169 e. The van der Waals surface area contributed by atoms with Crippen molar-refractivity contribution in [3.8, 4) is 5.75 Å². The van der Waals surface area contributed by atoms with Crippen molar-refractivity contribution in [1.82, 2.24) is 0 Å². The maximum atomic E-state index is 11.5. The minimum absolute atomic E-state index is 0.0674. The Kier molecular flexibility index (Phi) is 5.12. The maximum absolute atomic E-state index is 11.5. The second-order valence-corrected chi connectivity index (χ2v) is 5.98. The monoisotopic (exact) mass is 366 g/mol. The SMILES string of the molecule is CCCOC1C(=O)CC1Oc1cc(Cl)c(Br)cc1Cl. The van der Waals surface area contributed by atoms with Crippen LogP contribution in [0.2, 0.25) is 10.0 Å². The molecular weight excluding hydrogens is 355 g/mol. The lowest BCUT2D eigenvalue weighted by atomic mass is 9.90. The van der Waals surface area contributed by atoms with Gasteiger partial charge in [-0.25, -0.2) is 0 Å². The van der Waals surface area contributed by atoms with Gasteiger partial charge in [0.1, 0.15) is 11.9 Å². The molecule has 0 aliphatic heterocycles. The molecule has 0 spiro atoms. The Morgan fingerprint density at radius 3 is 2.74 bits per heavy atom. The van der Waals surface area contributed by atoms with E-state index in [0.29, 0.717) is 33.3 Å². The van der Waals surface area contributed by atoms with Crippen molar-refractivity contribution < 1.29 is 14.3 Å². The summed E-state index contributed by atoms with van der Waals surface area (Å²) in [6.07, 6.45) is 0.437. The van der Waals surface area contributed by atoms with E-state index in [-0.39, 0.29) is 11.9 Å². The fourth-order valence-corrected chi connectivity index (χ4v) is 2.61. The third kappa shape index (κ3) is 3.43. The van der Waals surface area contributed by atoms with Gasteiger partial charge in [0, 0.05) is 23.6 Å². The predicted molar refractivity (Wildman–Crippen MR) is 78.2 cm³/mol. The molecule has 3 nitrogen and oxygen atoms in total. The first-order chi connectivity index (χ1) is 9.02. The average molecular weight is 368 g/mol. The van der Waals surface area contributed by atoms with Crippen molar-refractivity contribution in [3.63, 3.8) is 0 Å². The minimum atomic E-state index is -0.488. The van der Waals surface area contributed by atoms with Gasteiger partial charge in [-0.3, -0.25) is 4.79 Å². The molecule has 0 saturated heterocycles. The Balaban J connectivity index is 2.05. The van der Waals surface area contributed by atoms with Crippen molar-refractivity contribution in [2.45, 2.75) is 32.0 Å². The van der Waals surface area contributed by atoms with Gasteiger partial charge in [0.15, 0.2) is 11.9 Å². The highest BCUT2D eigenvalue weighted by molar-refractivity contribution is 9.10. The van der Waals surface area contributed by atoms with Gasteiger partial charge in [0.25, 0.3) is 0 Å². The summed E-state index contributed by atoms with van der Waals surface area (Å²) in [6, 6.07) is 3.30. The van der Waals surface area contributed by atoms with Crippen LogP contribution in [0.25, 0.3) is 0 Å². The fourth-order valence-electron chi connectivity index (χ4n) is 1.77. The molecule has 104 valence electrons. The Bertz CT molecular complexity index is 493. The molecule has 1 saturated carbocycles. The fraction of sp³-hybridized carbons (Fsp3) is 0.462. The number of ether oxygens (including phenoxy) is 2. The summed E-state index contributed by atoms with van der Waals surface area (Å²) < 4.78 is 11.9. The number of hydrogen-bond donors (Lipinski definition) is 0. The van der Waals surface area contributed by atoms with Crippen molar-refractivity contribution in [3.05, 3.63) is 26.7 Å². The highest BCUT2D eigenvalue weighted by Gasteiger charge is 2.42. The molecule has 2 rings (SSSR count). The molecule has 19 heavy (non-hydrogen) atoms. The molecule has 2 unspecified atom stereocenters. The van der Waals surface area contributed by atoms with Crippen LogP contribution in [0.15, 0.2) is 16.6 Å². The van der Waals surface area contributed by atoms with Crippen molar-refractivity contribution in [1.29, 1.82) is 0 Å². The predicted octanol–water partition coefficient (Wildman–Crippen LogP) is 4.27. The van der Waals surface area contributed by atoms with Crippen LogP contribution < -0.4 is 4.74 Å². The van der Waals surface area contributed by atoms with E-state index in [0.717, 1.165) is 6.42 Å². The summed E-state index contributed by atoms with van der Waals surface area (Å²) in [5.41, 5.74) is 0. The number of ketones is 1. The van der Waals surface area contributed by atoms with Gasteiger partial charge >= 0.3 is 0 Å². The van der Waals surface area contributed by atoms with Crippen molar-refractivity contribution >= 4 is 44.9 Å². The van der Waals surface area contributed by atoms with E-state index >= 15 is 0 Å². The molecule has 0 radical (unpaired) electrons. The lowest BCUT2D eigenvalue weighted by Crippen LogP contribution is -2.52. The molecule has 1 aromatic rings. The number of carbonyl (C=O) groups excluding carboxylic acids is 1. The Morgan fingerprint density at radius 2 is 2.11 bits per heavy atom. The van der Waals surface area contributed by atoms with Crippen LogP contribution in [-0.2, 0) is 9.53 Å². The van der Waals surface area contributed by atoms with Crippen molar-refractivity contribution in [2.75, 3.05) is 6.61 Å². The van der Waals surface area contributed by atoms with Crippen LogP contribution in [0.5, 0.6) is 5.75 Å².